The Morgan fingerprint density at radius 1 is 1.03 bits per heavy atom. The molecule has 0 spiro atoms. The Labute approximate surface area is 190 Å². The zero-order valence-corrected chi connectivity index (χ0v) is 18.3. The third-order valence-corrected chi connectivity index (χ3v) is 6.80. The summed E-state index contributed by atoms with van der Waals surface area (Å²) in [7, 11) is 0. The van der Waals surface area contributed by atoms with Gasteiger partial charge in [0.25, 0.3) is 5.91 Å². The Morgan fingerprint density at radius 2 is 1.84 bits per heavy atom. The smallest absolute Gasteiger partial charge is 0.261 e. The summed E-state index contributed by atoms with van der Waals surface area (Å²) >= 11 is 1.43. The number of nitrogens with zero attached hydrogens (tertiary/aromatic N) is 2. The number of carbonyl (C=O) groups is 1. The van der Waals surface area contributed by atoms with Crippen LogP contribution in [0.1, 0.15) is 21.3 Å². The number of carbonyl (C=O) groups excluding carboxylic acids is 1. The molecule has 0 aliphatic carbocycles. The molecule has 2 aliphatic rings. The van der Waals surface area contributed by atoms with E-state index in [2.05, 4.69) is 15.1 Å². The van der Waals surface area contributed by atoms with Gasteiger partial charge in [0.05, 0.1) is 16.6 Å². The van der Waals surface area contributed by atoms with Crippen LogP contribution in [-0.4, -0.2) is 50.3 Å². The molecule has 3 heterocycles. The first-order valence-electron chi connectivity index (χ1n) is 10.6. The summed E-state index contributed by atoms with van der Waals surface area (Å²) in [6.45, 7) is 3.61. The molecular formula is C24H24FN3O3S. The van der Waals surface area contributed by atoms with E-state index in [1.807, 2.05) is 47.8 Å². The molecule has 0 saturated carbocycles. The lowest BCUT2D eigenvalue weighted by molar-refractivity contribution is 0.0934. The van der Waals surface area contributed by atoms with Gasteiger partial charge < -0.3 is 19.7 Å². The summed E-state index contributed by atoms with van der Waals surface area (Å²) in [4.78, 5) is 17.7. The van der Waals surface area contributed by atoms with Gasteiger partial charge in [-0.3, -0.25) is 9.69 Å². The second kappa shape index (κ2) is 9.18. The standard InChI is InChI=1S/C24H24FN3O3S/c25-18-4-1-2-5-19(18)27-9-11-28(12-10-27)20(15-26-24(29)23-6-3-13-32-23)17-7-8-21-22(14-17)31-16-30-21/h1-8,13-14,20H,9-12,15-16H2,(H,26,29)/t20-/m0/s1. The minimum atomic E-state index is -0.198. The van der Waals surface area contributed by atoms with Gasteiger partial charge in [0.15, 0.2) is 11.5 Å². The normalized spacial score (nSPS) is 16.7. The van der Waals surface area contributed by atoms with Crippen molar-refractivity contribution < 1.29 is 18.7 Å². The summed E-state index contributed by atoms with van der Waals surface area (Å²) < 4.78 is 25.3. The number of ether oxygens (including phenoxy) is 2. The van der Waals surface area contributed by atoms with Crippen LogP contribution in [0.2, 0.25) is 0 Å². The number of para-hydroxylation sites is 1. The maximum absolute atomic E-state index is 14.2. The summed E-state index contributed by atoms with van der Waals surface area (Å²) in [6.07, 6.45) is 0. The minimum Gasteiger partial charge on any atom is -0.454 e. The van der Waals surface area contributed by atoms with Crippen molar-refractivity contribution in [1.29, 1.82) is 0 Å². The number of thiophene rings is 1. The number of halogens is 1. The van der Waals surface area contributed by atoms with Crippen molar-refractivity contribution in [2.45, 2.75) is 6.04 Å². The summed E-state index contributed by atoms with van der Waals surface area (Å²) in [5.41, 5.74) is 1.69. The molecule has 1 amide bonds. The molecule has 8 heteroatoms. The molecule has 5 rings (SSSR count). The average Bonchev–Trinajstić information content (AvgIpc) is 3.52. The molecule has 0 bridgehead atoms. The largest absolute Gasteiger partial charge is 0.454 e. The van der Waals surface area contributed by atoms with Gasteiger partial charge in [0.2, 0.25) is 6.79 Å². The molecule has 0 radical (unpaired) electrons. The van der Waals surface area contributed by atoms with Gasteiger partial charge in [0.1, 0.15) is 5.82 Å². The van der Waals surface area contributed by atoms with E-state index in [1.165, 1.54) is 17.4 Å². The summed E-state index contributed by atoms with van der Waals surface area (Å²) in [5.74, 6) is 1.19. The fourth-order valence-electron chi connectivity index (χ4n) is 4.25. The first kappa shape index (κ1) is 20.8. The van der Waals surface area contributed by atoms with E-state index in [-0.39, 0.29) is 24.6 Å². The van der Waals surface area contributed by atoms with Crippen molar-refractivity contribution in [3.05, 3.63) is 76.2 Å². The average molecular weight is 454 g/mol. The van der Waals surface area contributed by atoms with Crippen LogP contribution in [0.3, 0.4) is 0 Å². The number of benzene rings is 2. The predicted molar refractivity (Wildman–Crippen MR) is 122 cm³/mol. The molecule has 1 N–H and O–H groups in total. The molecule has 3 aromatic rings. The second-order valence-electron chi connectivity index (χ2n) is 7.79. The molecule has 1 aromatic heterocycles. The Bertz CT molecular complexity index is 1080. The van der Waals surface area contributed by atoms with E-state index in [1.54, 1.807) is 6.07 Å². The lowest BCUT2D eigenvalue weighted by Gasteiger charge is -2.40. The lowest BCUT2D eigenvalue weighted by Crippen LogP contribution is -2.50. The quantitative estimate of drug-likeness (QED) is 0.613. The number of nitrogens with one attached hydrogen (secondary N) is 1. The monoisotopic (exact) mass is 453 g/mol. The summed E-state index contributed by atoms with van der Waals surface area (Å²) in [6, 6.07) is 16.5. The van der Waals surface area contributed by atoms with E-state index in [0.717, 1.165) is 30.2 Å². The SMILES string of the molecule is O=C(NC[C@@H](c1ccc2c(c1)OCO2)N1CCN(c2ccccc2F)CC1)c1cccs1. The van der Waals surface area contributed by atoms with Crippen molar-refractivity contribution in [3.8, 4) is 11.5 Å². The Morgan fingerprint density at radius 3 is 2.62 bits per heavy atom. The maximum Gasteiger partial charge on any atom is 0.261 e. The van der Waals surface area contributed by atoms with Gasteiger partial charge >= 0.3 is 0 Å². The van der Waals surface area contributed by atoms with Crippen molar-refractivity contribution in [3.63, 3.8) is 0 Å². The van der Waals surface area contributed by atoms with Crippen LogP contribution in [-0.2, 0) is 0 Å². The van der Waals surface area contributed by atoms with Crippen molar-refractivity contribution in [2.24, 2.45) is 0 Å². The van der Waals surface area contributed by atoms with Gasteiger partial charge in [-0.2, -0.15) is 0 Å². The number of hydrogen-bond donors (Lipinski definition) is 1. The maximum atomic E-state index is 14.2. The highest BCUT2D eigenvalue weighted by molar-refractivity contribution is 7.12. The molecule has 2 aliphatic heterocycles. The second-order valence-corrected chi connectivity index (χ2v) is 8.74. The zero-order valence-electron chi connectivity index (χ0n) is 17.5. The number of anilines is 1. The number of amides is 1. The molecule has 6 nitrogen and oxygen atoms in total. The van der Waals surface area contributed by atoms with Crippen LogP contribution in [0.15, 0.2) is 60.0 Å². The van der Waals surface area contributed by atoms with E-state index < -0.39 is 0 Å². The van der Waals surface area contributed by atoms with Crippen molar-refractivity contribution >= 4 is 22.9 Å². The van der Waals surface area contributed by atoms with Crippen LogP contribution in [0.4, 0.5) is 10.1 Å². The zero-order chi connectivity index (χ0) is 21.9. The highest BCUT2D eigenvalue weighted by Crippen LogP contribution is 2.36. The fraction of sp³-hybridized carbons (Fsp3) is 0.292. The molecule has 2 aromatic carbocycles. The highest BCUT2D eigenvalue weighted by Gasteiger charge is 2.28. The van der Waals surface area contributed by atoms with Crippen molar-refractivity contribution in [2.75, 3.05) is 44.4 Å². The Hall–Kier alpha value is -3.10. The van der Waals surface area contributed by atoms with Gasteiger partial charge in [-0.1, -0.05) is 24.3 Å². The number of fused-ring (bicyclic) bond motifs is 1. The molecule has 1 fully saturated rings. The minimum absolute atomic E-state index is 0.0313. The third kappa shape index (κ3) is 4.28. The van der Waals surface area contributed by atoms with Crippen molar-refractivity contribution in [1.82, 2.24) is 10.2 Å². The van der Waals surface area contributed by atoms with Crippen LogP contribution in [0.5, 0.6) is 11.5 Å². The Balaban J connectivity index is 1.33. The molecule has 0 unspecified atom stereocenters. The van der Waals surface area contributed by atoms with Gasteiger partial charge in [0, 0.05) is 32.7 Å². The van der Waals surface area contributed by atoms with E-state index >= 15 is 0 Å². The lowest BCUT2D eigenvalue weighted by atomic mass is 10.0. The third-order valence-electron chi connectivity index (χ3n) is 5.93. The molecule has 166 valence electrons. The number of piperazine rings is 1. The van der Waals surface area contributed by atoms with Crippen LogP contribution >= 0.6 is 11.3 Å². The van der Waals surface area contributed by atoms with Gasteiger partial charge in [-0.05, 0) is 41.3 Å². The van der Waals surface area contributed by atoms with E-state index in [0.29, 0.717) is 30.2 Å². The predicted octanol–water partition coefficient (Wildman–Crippen LogP) is 3.91. The van der Waals surface area contributed by atoms with Gasteiger partial charge in [-0.25, -0.2) is 4.39 Å². The van der Waals surface area contributed by atoms with E-state index in [9.17, 15) is 9.18 Å². The number of hydrogen-bond acceptors (Lipinski definition) is 6. The van der Waals surface area contributed by atoms with Crippen LogP contribution < -0.4 is 19.7 Å². The molecule has 32 heavy (non-hydrogen) atoms. The van der Waals surface area contributed by atoms with Gasteiger partial charge in [-0.15, -0.1) is 11.3 Å². The fourth-order valence-corrected chi connectivity index (χ4v) is 4.89. The molecule has 1 saturated heterocycles. The molecular weight excluding hydrogens is 429 g/mol. The summed E-state index contributed by atoms with van der Waals surface area (Å²) in [5, 5.41) is 4.98. The Kier molecular flexibility index (Phi) is 5.96. The number of rotatable bonds is 6. The topological polar surface area (TPSA) is 54.0 Å². The first-order chi connectivity index (χ1) is 15.7. The first-order valence-corrected chi connectivity index (χ1v) is 11.5. The van der Waals surface area contributed by atoms with Crippen LogP contribution in [0, 0.1) is 5.82 Å². The van der Waals surface area contributed by atoms with E-state index in [4.69, 9.17) is 9.47 Å². The van der Waals surface area contributed by atoms with Crippen LogP contribution in [0.25, 0.3) is 0 Å². The molecule has 1 atom stereocenters. The highest BCUT2D eigenvalue weighted by atomic mass is 32.1.